The van der Waals surface area contributed by atoms with E-state index in [1.54, 1.807) is 37.3 Å². The fourth-order valence-electron chi connectivity index (χ4n) is 2.07. The van der Waals surface area contributed by atoms with Crippen molar-refractivity contribution in [2.75, 3.05) is 6.61 Å². The van der Waals surface area contributed by atoms with Gasteiger partial charge in [-0.25, -0.2) is 4.39 Å². The lowest BCUT2D eigenvalue weighted by Crippen LogP contribution is -2.18. The maximum Gasteiger partial charge on any atom is 0.306 e. The zero-order chi connectivity index (χ0) is 17.5. The summed E-state index contributed by atoms with van der Waals surface area (Å²) in [5, 5.41) is 2.54. The highest BCUT2D eigenvalue weighted by Gasteiger charge is 2.25. The number of ether oxygens (including phenoxy) is 1. The first kappa shape index (κ1) is 18.4. The van der Waals surface area contributed by atoms with Gasteiger partial charge in [0.05, 0.1) is 11.5 Å². The highest BCUT2D eigenvalue weighted by Crippen LogP contribution is 2.30. The second-order valence-corrected chi connectivity index (χ2v) is 6.55. The molecule has 1 saturated heterocycles. The largest absolute Gasteiger partial charge is 0.466 e. The molecule has 0 spiro atoms. The third-order valence-electron chi connectivity index (χ3n) is 3.18. The van der Waals surface area contributed by atoms with Crippen molar-refractivity contribution in [3.05, 3.63) is 52.2 Å². The Morgan fingerprint density at radius 3 is 2.75 bits per heavy atom. The third kappa shape index (κ3) is 5.01. The van der Waals surface area contributed by atoms with E-state index in [4.69, 9.17) is 17.0 Å². The number of hydrogen-bond acceptors (Lipinski definition) is 5. The molecule has 24 heavy (non-hydrogen) atoms. The molecule has 1 fully saturated rings. The maximum absolute atomic E-state index is 13.7. The summed E-state index contributed by atoms with van der Waals surface area (Å²) < 4.78 is 19.0. The van der Waals surface area contributed by atoms with E-state index >= 15 is 0 Å². The Morgan fingerprint density at radius 1 is 1.38 bits per heavy atom. The zero-order valence-electron chi connectivity index (χ0n) is 13.0. The van der Waals surface area contributed by atoms with Gasteiger partial charge in [-0.2, -0.15) is 0 Å². The van der Waals surface area contributed by atoms with Gasteiger partial charge in [0.2, 0.25) is 0 Å². The van der Waals surface area contributed by atoms with Crippen molar-refractivity contribution >= 4 is 46.3 Å². The lowest BCUT2D eigenvalue weighted by molar-refractivity contribution is -0.143. The van der Waals surface area contributed by atoms with Gasteiger partial charge in [0.25, 0.3) is 5.91 Å². The normalized spacial score (nSPS) is 16.4. The van der Waals surface area contributed by atoms with Gasteiger partial charge in [-0.05, 0) is 25.0 Å². The molecule has 0 radical (unpaired) electrons. The Labute approximate surface area is 149 Å². The molecule has 0 aromatic heterocycles. The third-order valence-corrected chi connectivity index (χ3v) is 4.47. The standard InChI is InChI=1S/C17H16FNO3S2/c1-2-22-14(20)10-9-12(15-16(21)19-17(23)24-15)8-7-11-5-3-4-6-13(11)18/h3-8H,2,9-10H2,1H3,(H,19,21,23)/b8-7+,15-12-. The van der Waals surface area contributed by atoms with Crippen molar-refractivity contribution in [1.82, 2.24) is 5.32 Å². The number of amides is 1. The summed E-state index contributed by atoms with van der Waals surface area (Å²) in [5.41, 5.74) is 1.02. The highest BCUT2D eigenvalue weighted by atomic mass is 32.2. The number of rotatable bonds is 6. The Bertz CT molecular complexity index is 728. The molecule has 1 N–H and O–H groups in total. The molecule has 126 valence electrons. The Morgan fingerprint density at radius 2 is 2.12 bits per heavy atom. The number of hydrogen-bond donors (Lipinski definition) is 1. The first-order chi connectivity index (χ1) is 11.5. The molecule has 1 aromatic rings. The predicted molar refractivity (Wildman–Crippen MR) is 96.7 cm³/mol. The van der Waals surface area contributed by atoms with E-state index in [0.717, 1.165) is 11.8 Å². The van der Waals surface area contributed by atoms with Crippen LogP contribution < -0.4 is 5.32 Å². The molecule has 1 aliphatic heterocycles. The van der Waals surface area contributed by atoms with Crippen LogP contribution in [-0.2, 0) is 14.3 Å². The van der Waals surface area contributed by atoms with E-state index < -0.39 is 0 Å². The minimum atomic E-state index is -0.359. The van der Waals surface area contributed by atoms with Crippen LogP contribution in [0.1, 0.15) is 25.3 Å². The van der Waals surface area contributed by atoms with Gasteiger partial charge >= 0.3 is 5.97 Å². The van der Waals surface area contributed by atoms with E-state index in [2.05, 4.69) is 5.32 Å². The zero-order valence-corrected chi connectivity index (χ0v) is 14.6. The predicted octanol–water partition coefficient (Wildman–Crippen LogP) is 3.58. The summed E-state index contributed by atoms with van der Waals surface area (Å²) in [6.45, 7) is 2.03. The number of allylic oxidation sites excluding steroid dienone is 2. The van der Waals surface area contributed by atoms with E-state index in [1.165, 1.54) is 6.07 Å². The van der Waals surface area contributed by atoms with Gasteiger partial charge in [0.1, 0.15) is 10.1 Å². The molecule has 0 bridgehead atoms. The Hall–Kier alpha value is -1.99. The smallest absolute Gasteiger partial charge is 0.306 e. The first-order valence-electron chi connectivity index (χ1n) is 7.35. The minimum absolute atomic E-state index is 0.134. The molecular weight excluding hydrogens is 349 g/mol. The fourth-order valence-corrected chi connectivity index (χ4v) is 3.19. The van der Waals surface area contributed by atoms with Crippen LogP contribution in [-0.4, -0.2) is 22.8 Å². The number of benzene rings is 1. The second-order valence-electron chi connectivity index (χ2n) is 4.86. The van der Waals surface area contributed by atoms with Crippen molar-refractivity contribution in [1.29, 1.82) is 0 Å². The average Bonchev–Trinajstić information content (AvgIpc) is 2.88. The van der Waals surface area contributed by atoms with Gasteiger partial charge in [-0.15, -0.1) is 0 Å². The molecule has 0 aliphatic carbocycles. The molecule has 0 unspecified atom stereocenters. The first-order valence-corrected chi connectivity index (χ1v) is 8.58. The van der Waals surface area contributed by atoms with Crippen molar-refractivity contribution in [2.24, 2.45) is 0 Å². The van der Waals surface area contributed by atoms with Crippen LogP contribution in [0.4, 0.5) is 4.39 Å². The number of thiocarbonyl (C=S) groups is 1. The summed E-state index contributed by atoms with van der Waals surface area (Å²) in [6, 6.07) is 6.31. The molecule has 1 amide bonds. The van der Waals surface area contributed by atoms with Gasteiger partial charge in [-0.3, -0.25) is 9.59 Å². The van der Waals surface area contributed by atoms with Crippen LogP contribution in [0.15, 0.2) is 40.8 Å². The molecule has 0 atom stereocenters. The number of thioether (sulfide) groups is 1. The lowest BCUT2D eigenvalue weighted by Gasteiger charge is -2.06. The van der Waals surface area contributed by atoms with E-state index in [9.17, 15) is 14.0 Å². The molecular formula is C17H16FNO3S2. The van der Waals surface area contributed by atoms with Gasteiger partial charge in [0.15, 0.2) is 0 Å². The molecule has 0 saturated carbocycles. The average molecular weight is 365 g/mol. The lowest BCUT2D eigenvalue weighted by atomic mass is 10.1. The summed E-state index contributed by atoms with van der Waals surface area (Å²) in [5.74, 6) is -1.01. The summed E-state index contributed by atoms with van der Waals surface area (Å²) in [7, 11) is 0. The topological polar surface area (TPSA) is 55.4 Å². The van der Waals surface area contributed by atoms with Crippen LogP contribution >= 0.6 is 24.0 Å². The van der Waals surface area contributed by atoms with Crippen LogP contribution in [0, 0.1) is 5.82 Å². The number of carbonyl (C=O) groups excluding carboxylic acids is 2. The molecule has 4 nitrogen and oxygen atoms in total. The van der Waals surface area contributed by atoms with Crippen LogP contribution in [0.25, 0.3) is 6.08 Å². The second kappa shape index (κ2) is 8.75. The van der Waals surface area contributed by atoms with Crippen LogP contribution in [0.3, 0.4) is 0 Å². The summed E-state index contributed by atoms with van der Waals surface area (Å²) in [6.07, 6.45) is 3.67. The van der Waals surface area contributed by atoms with Crippen molar-refractivity contribution in [2.45, 2.75) is 19.8 Å². The minimum Gasteiger partial charge on any atom is -0.466 e. The molecule has 7 heteroatoms. The molecule has 1 aromatic carbocycles. The van der Waals surface area contributed by atoms with Crippen LogP contribution in [0.2, 0.25) is 0 Å². The summed E-state index contributed by atoms with van der Waals surface area (Å²) in [4.78, 5) is 24.0. The van der Waals surface area contributed by atoms with Crippen molar-refractivity contribution in [3.63, 3.8) is 0 Å². The highest BCUT2D eigenvalue weighted by molar-refractivity contribution is 8.26. The molecule has 1 heterocycles. The van der Waals surface area contributed by atoms with Crippen molar-refractivity contribution in [3.8, 4) is 0 Å². The van der Waals surface area contributed by atoms with Gasteiger partial charge in [-0.1, -0.05) is 54.3 Å². The van der Waals surface area contributed by atoms with E-state index in [1.807, 2.05) is 0 Å². The van der Waals surface area contributed by atoms with Gasteiger partial charge in [0, 0.05) is 12.0 Å². The number of carbonyl (C=O) groups is 2. The Balaban J connectivity index is 2.25. The SMILES string of the molecule is CCOC(=O)CCC(/C=C/c1ccccc1F)=C1\SC(=S)NC1=O. The Kier molecular flexibility index (Phi) is 6.69. The number of esters is 1. The molecule has 1 aliphatic rings. The summed E-state index contributed by atoms with van der Waals surface area (Å²) >= 11 is 6.13. The van der Waals surface area contributed by atoms with E-state index in [0.29, 0.717) is 33.4 Å². The van der Waals surface area contributed by atoms with E-state index in [-0.39, 0.29) is 24.1 Å². The maximum atomic E-state index is 13.7. The molecule has 2 rings (SSSR count). The van der Waals surface area contributed by atoms with Crippen molar-refractivity contribution < 1.29 is 18.7 Å². The monoisotopic (exact) mass is 365 g/mol. The van der Waals surface area contributed by atoms with Crippen LogP contribution in [0.5, 0.6) is 0 Å². The number of nitrogens with one attached hydrogen (secondary N) is 1. The quantitative estimate of drug-likeness (QED) is 0.474. The van der Waals surface area contributed by atoms with Gasteiger partial charge < -0.3 is 10.1 Å². The fraction of sp³-hybridized carbons (Fsp3) is 0.235. The number of halogens is 1.